The monoisotopic (exact) mass is 372 g/mol. The van der Waals surface area contributed by atoms with E-state index >= 15 is 0 Å². The van der Waals surface area contributed by atoms with Crippen molar-refractivity contribution < 1.29 is 17.9 Å². The van der Waals surface area contributed by atoms with E-state index in [4.69, 9.17) is 4.74 Å². The maximum absolute atomic E-state index is 13.3. The van der Waals surface area contributed by atoms with Gasteiger partial charge in [0.15, 0.2) is 0 Å². The number of nitrogens with zero attached hydrogens (tertiary/aromatic N) is 2. The number of rotatable bonds is 2. The van der Waals surface area contributed by atoms with Crippen molar-refractivity contribution >= 4 is 27.3 Å². The third kappa shape index (κ3) is 2.54. The summed E-state index contributed by atoms with van der Waals surface area (Å²) in [7, 11) is -3.72. The Morgan fingerprint density at radius 3 is 2.69 bits per heavy atom. The summed E-state index contributed by atoms with van der Waals surface area (Å²) in [5, 5.41) is 0. The molecule has 7 heteroatoms. The van der Waals surface area contributed by atoms with Gasteiger partial charge in [0.1, 0.15) is 12.4 Å². The van der Waals surface area contributed by atoms with Crippen molar-refractivity contribution in [1.29, 1.82) is 0 Å². The van der Waals surface area contributed by atoms with E-state index < -0.39 is 10.0 Å². The Morgan fingerprint density at radius 2 is 1.92 bits per heavy atom. The van der Waals surface area contributed by atoms with Crippen LogP contribution < -0.4 is 13.9 Å². The molecule has 2 aromatic rings. The van der Waals surface area contributed by atoms with Crippen molar-refractivity contribution in [3.05, 3.63) is 48.0 Å². The quantitative estimate of drug-likeness (QED) is 0.813. The molecule has 1 amide bonds. The first-order valence-electron chi connectivity index (χ1n) is 8.57. The number of fused-ring (bicyclic) bond motifs is 2. The average molecular weight is 372 g/mol. The van der Waals surface area contributed by atoms with Crippen LogP contribution in [-0.2, 0) is 21.2 Å². The van der Waals surface area contributed by atoms with Crippen LogP contribution in [0.5, 0.6) is 5.75 Å². The zero-order valence-electron chi connectivity index (χ0n) is 14.7. The van der Waals surface area contributed by atoms with Crippen molar-refractivity contribution in [3.63, 3.8) is 0 Å². The molecule has 2 aliphatic heterocycles. The van der Waals surface area contributed by atoms with Crippen LogP contribution in [0.1, 0.15) is 19.4 Å². The van der Waals surface area contributed by atoms with E-state index in [0.29, 0.717) is 31.0 Å². The van der Waals surface area contributed by atoms with E-state index in [1.54, 1.807) is 17.0 Å². The van der Waals surface area contributed by atoms with Crippen molar-refractivity contribution in [1.82, 2.24) is 0 Å². The number of ether oxygens (including phenoxy) is 1. The van der Waals surface area contributed by atoms with Gasteiger partial charge in [-0.3, -0.25) is 9.10 Å². The molecule has 1 unspecified atom stereocenters. The summed E-state index contributed by atoms with van der Waals surface area (Å²) in [6.07, 6.45) is 0.689. The Balaban J connectivity index is 1.77. The van der Waals surface area contributed by atoms with Gasteiger partial charge in [-0.25, -0.2) is 8.42 Å². The highest BCUT2D eigenvalue weighted by Gasteiger charge is 2.36. The molecule has 26 heavy (non-hydrogen) atoms. The summed E-state index contributed by atoms with van der Waals surface area (Å²) in [6.45, 7) is 4.20. The lowest BCUT2D eigenvalue weighted by molar-refractivity contribution is -0.116. The number of anilines is 2. The lowest BCUT2D eigenvalue weighted by atomic mass is 10.1. The summed E-state index contributed by atoms with van der Waals surface area (Å²) >= 11 is 0. The highest BCUT2D eigenvalue weighted by Crippen LogP contribution is 2.39. The second-order valence-electron chi connectivity index (χ2n) is 6.63. The predicted octanol–water partition coefficient (Wildman–Crippen LogP) is 2.57. The normalized spacial score (nSPS) is 18.9. The van der Waals surface area contributed by atoms with Gasteiger partial charge in [-0.2, -0.15) is 0 Å². The van der Waals surface area contributed by atoms with Gasteiger partial charge in [-0.1, -0.05) is 18.2 Å². The molecular weight excluding hydrogens is 352 g/mol. The number of benzene rings is 2. The number of para-hydroxylation sites is 1. The van der Waals surface area contributed by atoms with Crippen molar-refractivity contribution in [2.24, 2.45) is 0 Å². The molecular formula is C19H20N2O4S. The molecule has 2 aromatic carbocycles. The van der Waals surface area contributed by atoms with Crippen molar-refractivity contribution in [2.45, 2.75) is 31.2 Å². The fourth-order valence-corrected chi connectivity index (χ4v) is 5.41. The summed E-state index contributed by atoms with van der Waals surface area (Å²) < 4.78 is 33.7. The highest BCUT2D eigenvalue weighted by molar-refractivity contribution is 7.92. The summed E-state index contributed by atoms with van der Waals surface area (Å²) in [5.74, 6) is 0.333. The smallest absolute Gasteiger partial charge is 0.264 e. The fraction of sp³-hybridized carbons (Fsp3) is 0.316. The summed E-state index contributed by atoms with van der Waals surface area (Å²) in [4.78, 5) is 13.5. The zero-order valence-corrected chi connectivity index (χ0v) is 15.5. The van der Waals surface area contributed by atoms with E-state index in [1.165, 1.54) is 17.3 Å². The van der Waals surface area contributed by atoms with Crippen LogP contribution in [0.15, 0.2) is 47.4 Å². The zero-order chi connectivity index (χ0) is 18.5. The van der Waals surface area contributed by atoms with Gasteiger partial charge in [0.05, 0.1) is 22.8 Å². The number of hydrogen-bond acceptors (Lipinski definition) is 4. The van der Waals surface area contributed by atoms with Crippen LogP contribution in [0, 0.1) is 0 Å². The topological polar surface area (TPSA) is 66.9 Å². The molecule has 0 fully saturated rings. The molecule has 136 valence electrons. The minimum atomic E-state index is -3.72. The molecule has 1 atom stereocenters. The number of amides is 1. The Kier molecular flexibility index (Phi) is 3.91. The van der Waals surface area contributed by atoms with E-state index in [0.717, 1.165) is 11.3 Å². The second-order valence-corrected chi connectivity index (χ2v) is 8.45. The molecule has 0 radical (unpaired) electrons. The van der Waals surface area contributed by atoms with Gasteiger partial charge >= 0.3 is 0 Å². The molecule has 4 rings (SSSR count). The Hall–Kier alpha value is -2.54. The molecule has 2 aliphatic rings. The Labute approximate surface area is 153 Å². The maximum atomic E-state index is 13.3. The third-order valence-electron chi connectivity index (χ3n) is 4.88. The van der Waals surface area contributed by atoms with Crippen LogP contribution in [0.2, 0.25) is 0 Å². The third-order valence-corrected chi connectivity index (χ3v) is 6.80. The standard InChI is InChI=1S/C19H20N2O4S/c1-13-11-15-5-3-4-6-17(15)21(13)26(23,24)16-7-8-18-19(12-16)25-10-9-20(18)14(2)22/h3-8,12-13H,9-11H2,1-2H3. The van der Waals surface area contributed by atoms with Gasteiger partial charge in [-0.05, 0) is 37.1 Å². The molecule has 2 heterocycles. The van der Waals surface area contributed by atoms with Gasteiger partial charge in [0.2, 0.25) is 5.91 Å². The second kappa shape index (κ2) is 6.02. The van der Waals surface area contributed by atoms with Crippen molar-refractivity contribution in [2.75, 3.05) is 22.4 Å². The molecule has 0 spiro atoms. The van der Waals surface area contributed by atoms with Gasteiger partial charge in [0.25, 0.3) is 10.0 Å². The molecule has 0 saturated heterocycles. The minimum Gasteiger partial charge on any atom is -0.489 e. The van der Waals surface area contributed by atoms with Crippen molar-refractivity contribution in [3.8, 4) is 5.75 Å². The van der Waals surface area contributed by atoms with E-state index in [-0.39, 0.29) is 16.8 Å². The van der Waals surface area contributed by atoms with E-state index in [9.17, 15) is 13.2 Å². The fourth-order valence-electron chi connectivity index (χ4n) is 3.70. The first kappa shape index (κ1) is 16.9. The number of carbonyl (C=O) groups excluding carboxylic acids is 1. The van der Waals surface area contributed by atoms with Crippen LogP contribution in [0.4, 0.5) is 11.4 Å². The Bertz CT molecular complexity index is 987. The lowest BCUT2D eigenvalue weighted by Gasteiger charge is -2.30. The van der Waals surface area contributed by atoms with Crippen LogP contribution in [0.3, 0.4) is 0 Å². The number of hydrogen-bond donors (Lipinski definition) is 0. The lowest BCUT2D eigenvalue weighted by Crippen LogP contribution is -2.37. The SMILES string of the molecule is CC(=O)N1CCOc2cc(S(=O)(=O)N3c4ccccc4CC3C)ccc21. The first-order valence-corrected chi connectivity index (χ1v) is 10.0. The van der Waals surface area contributed by atoms with E-state index in [1.807, 2.05) is 31.2 Å². The van der Waals surface area contributed by atoms with Crippen LogP contribution in [0.25, 0.3) is 0 Å². The first-order chi connectivity index (χ1) is 12.4. The van der Waals surface area contributed by atoms with Gasteiger partial charge in [0, 0.05) is 19.0 Å². The molecule has 0 bridgehead atoms. The maximum Gasteiger partial charge on any atom is 0.264 e. The molecule has 0 saturated carbocycles. The number of sulfonamides is 1. The predicted molar refractivity (Wildman–Crippen MR) is 99.2 cm³/mol. The largest absolute Gasteiger partial charge is 0.489 e. The summed E-state index contributed by atoms with van der Waals surface area (Å²) in [6, 6.07) is 12.1. The van der Waals surface area contributed by atoms with Gasteiger partial charge in [-0.15, -0.1) is 0 Å². The molecule has 0 aliphatic carbocycles. The number of carbonyl (C=O) groups is 1. The van der Waals surface area contributed by atoms with E-state index in [2.05, 4.69) is 0 Å². The molecule has 0 aromatic heterocycles. The minimum absolute atomic E-state index is 0.0905. The Morgan fingerprint density at radius 1 is 1.15 bits per heavy atom. The van der Waals surface area contributed by atoms with Crippen LogP contribution in [-0.4, -0.2) is 33.5 Å². The van der Waals surface area contributed by atoms with Gasteiger partial charge < -0.3 is 9.64 Å². The molecule has 0 N–H and O–H groups in total. The summed E-state index contributed by atoms with van der Waals surface area (Å²) in [5.41, 5.74) is 2.36. The molecule has 6 nitrogen and oxygen atoms in total. The van der Waals surface area contributed by atoms with Crippen LogP contribution >= 0.6 is 0 Å². The highest BCUT2D eigenvalue weighted by atomic mass is 32.2. The average Bonchev–Trinajstić information content (AvgIpc) is 2.96.